The third-order valence-corrected chi connectivity index (χ3v) is 3.95. The highest BCUT2D eigenvalue weighted by molar-refractivity contribution is 6.31. The molecular weight excluding hydrogens is 286 g/mol. The molecule has 0 bridgehead atoms. The van der Waals surface area contributed by atoms with Crippen molar-refractivity contribution in [3.8, 4) is 0 Å². The summed E-state index contributed by atoms with van der Waals surface area (Å²) < 4.78 is 1.87. The first-order chi connectivity index (χ1) is 10.1. The Morgan fingerprint density at radius 3 is 2.57 bits per heavy atom. The Hall–Kier alpha value is -1.46. The average molecular weight is 308 g/mol. The number of hydrogen-bond donors (Lipinski definition) is 1. The van der Waals surface area contributed by atoms with Crippen molar-refractivity contribution in [3.63, 3.8) is 0 Å². The van der Waals surface area contributed by atoms with Gasteiger partial charge in [-0.05, 0) is 19.9 Å². The van der Waals surface area contributed by atoms with Crippen molar-refractivity contribution in [3.05, 3.63) is 40.2 Å². The molecule has 0 aliphatic heterocycles. The number of likely N-dealkylation sites (N-methyl/N-ethyl adjacent to an activating group) is 1. The van der Waals surface area contributed by atoms with E-state index in [1.165, 1.54) is 0 Å². The molecule has 2 aromatic heterocycles. The second-order valence-electron chi connectivity index (χ2n) is 5.08. The summed E-state index contributed by atoms with van der Waals surface area (Å²) in [6, 6.07) is 0.0840. The van der Waals surface area contributed by atoms with Gasteiger partial charge in [-0.3, -0.25) is 14.6 Å². The molecule has 0 aromatic carbocycles. The highest BCUT2D eigenvalue weighted by Gasteiger charge is 2.19. The molecule has 0 saturated heterocycles. The second kappa shape index (κ2) is 7.00. The van der Waals surface area contributed by atoms with E-state index in [-0.39, 0.29) is 6.04 Å². The van der Waals surface area contributed by atoms with Crippen molar-refractivity contribution in [1.29, 1.82) is 0 Å². The van der Waals surface area contributed by atoms with Crippen LogP contribution in [0.1, 0.15) is 42.7 Å². The minimum atomic E-state index is 0.0840. The molecule has 6 heteroatoms. The van der Waals surface area contributed by atoms with Crippen molar-refractivity contribution in [2.45, 2.75) is 39.7 Å². The fourth-order valence-corrected chi connectivity index (χ4v) is 2.72. The van der Waals surface area contributed by atoms with E-state index in [4.69, 9.17) is 11.6 Å². The monoisotopic (exact) mass is 307 g/mol. The number of nitrogens with one attached hydrogen (secondary N) is 1. The summed E-state index contributed by atoms with van der Waals surface area (Å²) in [4.78, 5) is 8.81. The number of halogens is 1. The highest BCUT2D eigenvalue weighted by Crippen LogP contribution is 2.25. The molecule has 0 spiro atoms. The number of nitrogens with zero attached hydrogens (tertiary/aromatic N) is 4. The van der Waals surface area contributed by atoms with Crippen LogP contribution in [0, 0.1) is 6.92 Å². The van der Waals surface area contributed by atoms with Crippen LogP contribution in [0.2, 0.25) is 5.02 Å². The van der Waals surface area contributed by atoms with Gasteiger partial charge in [0.25, 0.3) is 0 Å². The highest BCUT2D eigenvalue weighted by atomic mass is 35.5. The summed E-state index contributed by atoms with van der Waals surface area (Å²) in [5.41, 5.74) is 3.82. The lowest BCUT2D eigenvalue weighted by molar-refractivity contribution is 0.515. The standard InChI is InChI=1S/C15H22ClN5/c1-5-11-15(16)14(21(4)20-11)7-12(17-6-2)13-9-18-10(3)8-19-13/h8-9,12,17H,5-7H2,1-4H3. The maximum Gasteiger partial charge on any atom is 0.0850 e. The predicted molar refractivity (Wildman–Crippen MR) is 84.5 cm³/mol. The molecule has 5 nitrogen and oxygen atoms in total. The van der Waals surface area contributed by atoms with Gasteiger partial charge >= 0.3 is 0 Å². The molecule has 0 fully saturated rings. The number of rotatable bonds is 6. The summed E-state index contributed by atoms with van der Waals surface area (Å²) in [7, 11) is 1.93. The molecule has 0 amide bonds. The minimum Gasteiger partial charge on any atom is -0.309 e. The van der Waals surface area contributed by atoms with Crippen molar-refractivity contribution in [1.82, 2.24) is 25.1 Å². The van der Waals surface area contributed by atoms with E-state index in [1.54, 1.807) is 6.20 Å². The maximum atomic E-state index is 6.44. The molecule has 21 heavy (non-hydrogen) atoms. The Kier molecular flexibility index (Phi) is 5.31. The van der Waals surface area contributed by atoms with E-state index in [1.807, 2.05) is 24.9 Å². The lowest BCUT2D eigenvalue weighted by Gasteiger charge is -2.17. The fraction of sp³-hybridized carbons (Fsp3) is 0.533. The van der Waals surface area contributed by atoms with Crippen LogP contribution >= 0.6 is 11.6 Å². The number of aromatic nitrogens is 4. The van der Waals surface area contributed by atoms with Gasteiger partial charge in [-0.25, -0.2) is 0 Å². The van der Waals surface area contributed by atoms with Gasteiger partial charge in [-0.1, -0.05) is 25.4 Å². The Morgan fingerprint density at radius 1 is 1.29 bits per heavy atom. The third kappa shape index (κ3) is 3.60. The molecule has 2 rings (SSSR count). The Morgan fingerprint density at radius 2 is 2.05 bits per heavy atom. The maximum absolute atomic E-state index is 6.44. The zero-order valence-corrected chi connectivity index (χ0v) is 13.8. The van der Waals surface area contributed by atoms with E-state index < -0.39 is 0 Å². The van der Waals surface area contributed by atoms with Crippen LogP contribution in [-0.4, -0.2) is 26.3 Å². The van der Waals surface area contributed by atoms with Crippen molar-refractivity contribution >= 4 is 11.6 Å². The molecule has 114 valence electrons. The van der Waals surface area contributed by atoms with E-state index >= 15 is 0 Å². The van der Waals surface area contributed by atoms with Crippen LogP contribution in [0.15, 0.2) is 12.4 Å². The number of aryl methyl sites for hydroxylation is 3. The number of hydrogen-bond acceptors (Lipinski definition) is 4. The smallest absolute Gasteiger partial charge is 0.0850 e. The van der Waals surface area contributed by atoms with Gasteiger partial charge < -0.3 is 5.32 Å². The van der Waals surface area contributed by atoms with Gasteiger partial charge in [0.05, 0.1) is 40.0 Å². The molecule has 1 unspecified atom stereocenters. The van der Waals surface area contributed by atoms with Crippen LogP contribution in [0.25, 0.3) is 0 Å². The Balaban J connectivity index is 2.28. The van der Waals surface area contributed by atoms with Crippen LogP contribution in [0.4, 0.5) is 0 Å². The zero-order chi connectivity index (χ0) is 15.4. The minimum absolute atomic E-state index is 0.0840. The van der Waals surface area contributed by atoms with Gasteiger partial charge in [0.15, 0.2) is 0 Å². The van der Waals surface area contributed by atoms with Crippen molar-refractivity contribution < 1.29 is 0 Å². The average Bonchev–Trinajstić information content (AvgIpc) is 2.75. The fourth-order valence-electron chi connectivity index (χ4n) is 2.35. The lowest BCUT2D eigenvalue weighted by Crippen LogP contribution is -2.25. The summed E-state index contributed by atoms with van der Waals surface area (Å²) >= 11 is 6.44. The largest absolute Gasteiger partial charge is 0.309 e. The Labute approximate surface area is 130 Å². The van der Waals surface area contributed by atoms with Crippen LogP contribution in [0.3, 0.4) is 0 Å². The predicted octanol–water partition coefficient (Wildman–Crippen LogP) is 2.63. The molecule has 0 aliphatic carbocycles. The molecule has 1 atom stereocenters. The molecule has 0 saturated carbocycles. The molecule has 2 aromatic rings. The summed E-state index contributed by atoms with van der Waals surface area (Å²) in [5.74, 6) is 0. The van der Waals surface area contributed by atoms with Gasteiger partial charge in [-0.15, -0.1) is 0 Å². The molecular formula is C15H22ClN5. The third-order valence-electron chi connectivity index (χ3n) is 3.51. The van der Waals surface area contributed by atoms with Gasteiger partial charge in [-0.2, -0.15) is 5.10 Å². The first kappa shape index (κ1) is 15.9. The Bertz CT molecular complexity index is 591. The molecule has 1 N–H and O–H groups in total. The topological polar surface area (TPSA) is 55.6 Å². The van der Waals surface area contributed by atoms with E-state index in [0.717, 1.165) is 47.2 Å². The van der Waals surface area contributed by atoms with E-state index in [0.29, 0.717) is 0 Å². The van der Waals surface area contributed by atoms with Crippen LogP contribution < -0.4 is 5.32 Å². The van der Waals surface area contributed by atoms with Gasteiger partial charge in [0.2, 0.25) is 0 Å². The van der Waals surface area contributed by atoms with Crippen molar-refractivity contribution in [2.75, 3.05) is 6.54 Å². The van der Waals surface area contributed by atoms with Crippen LogP contribution in [-0.2, 0) is 19.9 Å². The zero-order valence-electron chi connectivity index (χ0n) is 13.0. The van der Waals surface area contributed by atoms with E-state index in [9.17, 15) is 0 Å². The normalized spacial score (nSPS) is 12.6. The molecule has 2 heterocycles. The lowest BCUT2D eigenvalue weighted by atomic mass is 10.1. The van der Waals surface area contributed by atoms with Gasteiger partial charge in [0.1, 0.15) is 0 Å². The first-order valence-corrected chi connectivity index (χ1v) is 7.66. The summed E-state index contributed by atoms with van der Waals surface area (Å²) in [6.45, 7) is 6.93. The van der Waals surface area contributed by atoms with E-state index in [2.05, 4.69) is 34.2 Å². The molecule has 0 radical (unpaired) electrons. The second-order valence-corrected chi connectivity index (χ2v) is 5.46. The van der Waals surface area contributed by atoms with Gasteiger partial charge in [0, 0.05) is 19.7 Å². The SMILES string of the molecule is CCNC(Cc1c(Cl)c(CC)nn1C)c1cnc(C)cn1. The van der Waals surface area contributed by atoms with Crippen LogP contribution in [0.5, 0.6) is 0 Å². The summed E-state index contributed by atoms with van der Waals surface area (Å²) in [6.07, 6.45) is 5.20. The quantitative estimate of drug-likeness (QED) is 0.891. The summed E-state index contributed by atoms with van der Waals surface area (Å²) in [5, 5.41) is 8.68. The van der Waals surface area contributed by atoms with Crippen molar-refractivity contribution in [2.24, 2.45) is 7.05 Å². The first-order valence-electron chi connectivity index (χ1n) is 7.28. The molecule has 0 aliphatic rings.